The molecular formula is C28H38O3. The first kappa shape index (κ1) is 24.7. The van der Waals surface area contributed by atoms with Crippen LogP contribution >= 0.6 is 0 Å². The van der Waals surface area contributed by atoms with Crippen LogP contribution in [0.5, 0.6) is 5.75 Å². The van der Waals surface area contributed by atoms with Gasteiger partial charge in [-0.1, -0.05) is 74.1 Å². The van der Waals surface area contributed by atoms with Gasteiger partial charge < -0.3 is 9.47 Å². The summed E-state index contributed by atoms with van der Waals surface area (Å²) in [4.78, 5) is 11.3. The molecule has 1 unspecified atom stereocenters. The van der Waals surface area contributed by atoms with Crippen molar-refractivity contribution in [2.45, 2.75) is 58.3 Å². The largest absolute Gasteiger partial charge is 0.494 e. The van der Waals surface area contributed by atoms with Crippen molar-refractivity contribution in [3.8, 4) is 5.75 Å². The molecular weight excluding hydrogens is 384 g/mol. The average molecular weight is 423 g/mol. The van der Waals surface area contributed by atoms with Gasteiger partial charge in [-0.05, 0) is 68.1 Å². The van der Waals surface area contributed by atoms with Gasteiger partial charge in [0.25, 0.3) is 0 Å². The number of unbranched alkanes of at least 4 members (excludes halogenated alkanes) is 1. The van der Waals surface area contributed by atoms with Gasteiger partial charge >= 0.3 is 5.97 Å². The molecule has 0 radical (unpaired) electrons. The van der Waals surface area contributed by atoms with Crippen LogP contribution in [0.15, 0.2) is 72.9 Å². The summed E-state index contributed by atoms with van der Waals surface area (Å²) in [5.74, 6) is 1.98. The van der Waals surface area contributed by atoms with Crippen LogP contribution in [0.3, 0.4) is 0 Å². The maximum Gasteiger partial charge on any atom is 0.309 e. The summed E-state index contributed by atoms with van der Waals surface area (Å²) < 4.78 is 10.7. The molecule has 0 N–H and O–H groups in total. The number of methoxy groups -OCH3 is 1. The Morgan fingerprint density at radius 1 is 1.03 bits per heavy atom. The van der Waals surface area contributed by atoms with E-state index in [4.69, 9.17) is 9.47 Å². The Balaban J connectivity index is 1.73. The Kier molecular flexibility index (Phi) is 12.2. The van der Waals surface area contributed by atoms with Crippen molar-refractivity contribution in [3.05, 3.63) is 78.4 Å². The van der Waals surface area contributed by atoms with E-state index < -0.39 is 0 Å². The van der Waals surface area contributed by atoms with Crippen LogP contribution in [0.4, 0.5) is 0 Å². The number of esters is 1. The van der Waals surface area contributed by atoms with Gasteiger partial charge in [0.2, 0.25) is 0 Å². The smallest absolute Gasteiger partial charge is 0.309 e. The number of allylic oxidation sites excluding steroid dienone is 8. The van der Waals surface area contributed by atoms with Gasteiger partial charge in [-0.3, -0.25) is 4.79 Å². The van der Waals surface area contributed by atoms with Crippen LogP contribution in [0.1, 0.15) is 57.4 Å². The first-order valence-corrected chi connectivity index (χ1v) is 11.7. The lowest BCUT2D eigenvalue weighted by atomic mass is 9.74. The predicted octanol–water partition coefficient (Wildman–Crippen LogP) is 7.00. The number of hydrogen-bond donors (Lipinski definition) is 0. The molecule has 0 aliphatic heterocycles. The van der Waals surface area contributed by atoms with E-state index in [0.717, 1.165) is 42.9 Å². The Labute approximate surface area is 188 Å². The van der Waals surface area contributed by atoms with Crippen molar-refractivity contribution >= 4 is 5.97 Å². The van der Waals surface area contributed by atoms with E-state index in [1.807, 2.05) is 24.3 Å². The van der Waals surface area contributed by atoms with Crippen LogP contribution in [-0.2, 0) is 16.0 Å². The standard InChI is InChI=1S/C28H38O3/c1-3-4-5-6-7-8-9-10-11-12-14-26(25-15-13-16-25)21-22-31-27-19-17-24(18-20-27)23-28(29)30-2/h4-5,8-12,14,17-20,25-26H,3,6-7,13,15-16,21-23H2,1-2H3/b5-4-,9-8+,11-10-,14-12+. The van der Waals surface area contributed by atoms with Crippen LogP contribution in [0.2, 0.25) is 0 Å². The lowest BCUT2D eigenvalue weighted by Gasteiger charge is -2.32. The zero-order chi connectivity index (χ0) is 22.2. The van der Waals surface area contributed by atoms with Gasteiger partial charge in [0.05, 0.1) is 20.1 Å². The monoisotopic (exact) mass is 422 g/mol. The van der Waals surface area contributed by atoms with Crippen LogP contribution in [0.25, 0.3) is 0 Å². The van der Waals surface area contributed by atoms with Crippen molar-refractivity contribution in [3.63, 3.8) is 0 Å². The van der Waals surface area contributed by atoms with Gasteiger partial charge in [-0.15, -0.1) is 0 Å². The van der Waals surface area contributed by atoms with E-state index in [9.17, 15) is 4.79 Å². The Bertz CT molecular complexity index is 736. The average Bonchev–Trinajstić information content (AvgIpc) is 2.74. The first-order chi connectivity index (χ1) is 15.2. The van der Waals surface area contributed by atoms with Crippen LogP contribution in [-0.4, -0.2) is 19.7 Å². The van der Waals surface area contributed by atoms with E-state index in [-0.39, 0.29) is 5.97 Å². The minimum atomic E-state index is -0.225. The Morgan fingerprint density at radius 2 is 1.77 bits per heavy atom. The highest BCUT2D eigenvalue weighted by atomic mass is 16.5. The normalized spacial score (nSPS) is 15.8. The number of carbonyl (C=O) groups excluding carboxylic acids is 1. The number of benzene rings is 1. The highest BCUT2D eigenvalue weighted by Gasteiger charge is 2.25. The molecule has 1 aromatic carbocycles. The van der Waals surface area contributed by atoms with Crippen LogP contribution in [0, 0.1) is 11.8 Å². The molecule has 3 nitrogen and oxygen atoms in total. The van der Waals surface area contributed by atoms with Gasteiger partial charge in [0, 0.05) is 0 Å². The quantitative estimate of drug-likeness (QED) is 0.140. The second-order valence-electron chi connectivity index (χ2n) is 8.04. The third-order valence-electron chi connectivity index (χ3n) is 5.70. The number of carbonyl (C=O) groups is 1. The molecule has 31 heavy (non-hydrogen) atoms. The Morgan fingerprint density at radius 3 is 2.45 bits per heavy atom. The molecule has 1 aliphatic carbocycles. The third-order valence-corrected chi connectivity index (χ3v) is 5.70. The molecule has 2 rings (SSSR count). The van der Waals surface area contributed by atoms with Gasteiger partial charge in [-0.2, -0.15) is 0 Å². The van der Waals surface area contributed by atoms with Crippen molar-refractivity contribution < 1.29 is 14.3 Å². The van der Waals surface area contributed by atoms with E-state index in [0.29, 0.717) is 18.9 Å². The summed E-state index contributed by atoms with van der Waals surface area (Å²) in [5.41, 5.74) is 0.938. The molecule has 1 aromatic rings. The zero-order valence-corrected chi connectivity index (χ0v) is 19.2. The molecule has 0 amide bonds. The zero-order valence-electron chi connectivity index (χ0n) is 19.2. The maximum absolute atomic E-state index is 11.3. The lowest BCUT2D eigenvalue weighted by molar-refractivity contribution is -0.139. The van der Waals surface area contributed by atoms with Gasteiger partial charge in [0.1, 0.15) is 5.75 Å². The molecule has 0 saturated heterocycles. The number of rotatable bonds is 14. The van der Waals surface area contributed by atoms with Crippen molar-refractivity contribution in [2.24, 2.45) is 11.8 Å². The fraction of sp³-hybridized carbons (Fsp3) is 0.464. The molecule has 1 fully saturated rings. The summed E-state index contributed by atoms with van der Waals surface area (Å²) in [7, 11) is 1.41. The SMILES string of the molecule is CC/C=C\CC/C=C/C=C\C=C\C(CCOc1ccc(CC(=O)OC)cc1)C1CCC1. The lowest BCUT2D eigenvalue weighted by Crippen LogP contribution is -2.22. The molecule has 1 saturated carbocycles. The molecule has 0 heterocycles. The minimum absolute atomic E-state index is 0.225. The highest BCUT2D eigenvalue weighted by molar-refractivity contribution is 5.72. The fourth-order valence-corrected chi connectivity index (χ4v) is 3.60. The molecule has 168 valence electrons. The van der Waals surface area contributed by atoms with Gasteiger partial charge in [-0.25, -0.2) is 0 Å². The van der Waals surface area contributed by atoms with Crippen LogP contribution < -0.4 is 4.74 Å². The van der Waals surface area contributed by atoms with E-state index in [2.05, 4.69) is 55.5 Å². The molecule has 3 heteroatoms. The molecule has 1 aliphatic rings. The second-order valence-corrected chi connectivity index (χ2v) is 8.04. The van der Waals surface area contributed by atoms with E-state index >= 15 is 0 Å². The number of ether oxygens (including phenoxy) is 2. The van der Waals surface area contributed by atoms with Gasteiger partial charge in [0.15, 0.2) is 0 Å². The summed E-state index contributed by atoms with van der Waals surface area (Å²) in [6, 6.07) is 7.71. The molecule has 1 atom stereocenters. The maximum atomic E-state index is 11.3. The fourth-order valence-electron chi connectivity index (χ4n) is 3.60. The Hall–Kier alpha value is -2.55. The summed E-state index contributed by atoms with van der Waals surface area (Å²) in [6.07, 6.45) is 26.2. The van der Waals surface area contributed by atoms with Crippen molar-refractivity contribution in [1.29, 1.82) is 0 Å². The van der Waals surface area contributed by atoms with E-state index in [1.165, 1.54) is 26.4 Å². The molecule has 0 aromatic heterocycles. The topological polar surface area (TPSA) is 35.5 Å². The summed E-state index contributed by atoms with van der Waals surface area (Å²) >= 11 is 0. The molecule has 0 spiro atoms. The molecule has 0 bridgehead atoms. The van der Waals surface area contributed by atoms with E-state index in [1.54, 1.807) is 0 Å². The predicted molar refractivity (Wildman–Crippen MR) is 129 cm³/mol. The highest BCUT2D eigenvalue weighted by Crippen LogP contribution is 2.36. The minimum Gasteiger partial charge on any atom is -0.494 e. The first-order valence-electron chi connectivity index (χ1n) is 11.7. The second kappa shape index (κ2) is 15.3. The van der Waals surface area contributed by atoms with Crippen molar-refractivity contribution in [2.75, 3.05) is 13.7 Å². The van der Waals surface area contributed by atoms with Crippen molar-refractivity contribution in [1.82, 2.24) is 0 Å². The summed E-state index contributed by atoms with van der Waals surface area (Å²) in [6.45, 7) is 2.87. The third kappa shape index (κ3) is 10.3. The number of hydrogen-bond acceptors (Lipinski definition) is 3. The summed E-state index contributed by atoms with van der Waals surface area (Å²) in [5, 5.41) is 0.